The molecule has 6 heteroatoms. The van der Waals surface area contributed by atoms with Crippen LogP contribution in [0.4, 0.5) is 0 Å². The maximum Gasteiger partial charge on any atom is 0.265 e. The number of hydrogen-bond donors (Lipinski definition) is 0. The zero-order valence-electron chi connectivity index (χ0n) is 10.8. The normalized spacial score (nSPS) is 10.6. The second-order valence-electron chi connectivity index (χ2n) is 4.16. The van der Waals surface area contributed by atoms with Crippen molar-refractivity contribution in [2.75, 3.05) is 7.05 Å². The van der Waals surface area contributed by atoms with Gasteiger partial charge in [-0.1, -0.05) is 6.92 Å². The molecule has 5 nitrogen and oxygen atoms in total. The van der Waals surface area contributed by atoms with Crippen molar-refractivity contribution in [1.82, 2.24) is 19.7 Å². The van der Waals surface area contributed by atoms with Crippen LogP contribution in [0.2, 0.25) is 0 Å². The molecular weight excluding hydrogens is 248 g/mol. The summed E-state index contributed by atoms with van der Waals surface area (Å²) in [5.41, 5.74) is 1.02. The molecule has 2 aromatic heterocycles. The highest BCUT2D eigenvalue weighted by Crippen LogP contribution is 2.16. The van der Waals surface area contributed by atoms with E-state index in [1.807, 2.05) is 20.2 Å². The quantitative estimate of drug-likeness (QED) is 0.844. The monoisotopic (exact) mass is 264 g/mol. The predicted octanol–water partition coefficient (Wildman–Crippen LogP) is 1.71. The van der Waals surface area contributed by atoms with E-state index in [9.17, 15) is 4.79 Å². The third-order valence-electron chi connectivity index (χ3n) is 2.59. The zero-order chi connectivity index (χ0) is 13.1. The Morgan fingerprint density at radius 3 is 2.83 bits per heavy atom. The Labute approximate surface area is 110 Å². The Morgan fingerprint density at radius 2 is 2.28 bits per heavy atom. The van der Waals surface area contributed by atoms with Crippen LogP contribution in [0.1, 0.15) is 27.2 Å². The SMILES string of the molecule is CCc1ncc(C(=O)N(C)Cc2cnn(C)c2)s1. The predicted molar refractivity (Wildman–Crippen MR) is 70.5 cm³/mol. The van der Waals surface area contributed by atoms with Crippen molar-refractivity contribution in [1.29, 1.82) is 0 Å². The molecule has 1 amide bonds. The average Bonchev–Trinajstić information content (AvgIpc) is 2.97. The first-order valence-corrected chi connectivity index (χ1v) is 6.59. The van der Waals surface area contributed by atoms with E-state index in [0.717, 1.165) is 17.0 Å². The highest BCUT2D eigenvalue weighted by Gasteiger charge is 2.15. The summed E-state index contributed by atoms with van der Waals surface area (Å²) in [6.07, 6.45) is 6.21. The molecule has 0 aliphatic heterocycles. The number of aromatic nitrogens is 3. The molecular formula is C12H16N4OS. The van der Waals surface area contributed by atoms with Gasteiger partial charge in [-0.2, -0.15) is 5.10 Å². The molecule has 2 aromatic rings. The average molecular weight is 264 g/mol. The lowest BCUT2D eigenvalue weighted by Gasteiger charge is -2.14. The van der Waals surface area contributed by atoms with Crippen LogP contribution in [0.5, 0.6) is 0 Å². The lowest BCUT2D eigenvalue weighted by atomic mass is 10.3. The molecule has 0 radical (unpaired) electrons. The lowest BCUT2D eigenvalue weighted by molar-refractivity contribution is 0.0789. The molecule has 2 heterocycles. The number of hydrogen-bond acceptors (Lipinski definition) is 4. The third-order valence-corrected chi connectivity index (χ3v) is 3.72. The van der Waals surface area contributed by atoms with E-state index in [1.165, 1.54) is 11.3 Å². The Bertz CT molecular complexity index is 546. The third kappa shape index (κ3) is 2.76. The number of thiazole rings is 1. The van der Waals surface area contributed by atoms with Gasteiger partial charge >= 0.3 is 0 Å². The van der Waals surface area contributed by atoms with Crippen molar-refractivity contribution >= 4 is 17.2 Å². The van der Waals surface area contributed by atoms with E-state index < -0.39 is 0 Å². The molecule has 18 heavy (non-hydrogen) atoms. The van der Waals surface area contributed by atoms with E-state index in [-0.39, 0.29) is 5.91 Å². The summed E-state index contributed by atoms with van der Waals surface area (Å²) in [5.74, 6) is 0.0102. The fraction of sp³-hybridized carbons (Fsp3) is 0.417. The molecule has 2 rings (SSSR count). The van der Waals surface area contributed by atoms with Gasteiger partial charge in [-0.3, -0.25) is 9.48 Å². The minimum absolute atomic E-state index is 0.0102. The van der Waals surface area contributed by atoms with E-state index in [2.05, 4.69) is 10.1 Å². The number of amides is 1. The summed E-state index contributed by atoms with van der Waals surface area (Å²) in [6, 6.07) is 0. The van der Waals surface area contributed by atoms with Crippen LogP contribution in [0, 0.1) is 0 Å². The minimum Gasteiger partial charge on any atom is -0.337 e. The van der Waals surface area contributed by atoms with Crippen LogP contribution in [-0.2, 0) is 20.0 Å². The summed E-state index contributed by atoms with van der Waals surface area (Å²) in [7, 11) is 3.66. The van der Waals surface area contributed by atoms with E-state index in [1.54, 1.807) is 29.0 Å². The molecule has 0 spiro atoms. The van der Waals surface area contributed by atoms with Crippen molar-refractivity contribution in [3.8, 4) is 0 Å². The van der Waals surface area contributed by atoms with Crippen LogP contribution in [-0.4, -0.2) is 32.6 Å². The molecule has 0 bridgehead atoms. The molecule has 0 aliphatic carbocycles. The summed E-state index contributed by atoms with van der Waals surface area (Å²) in [6.45, 7) is 2.60. The van der Waals surface area contributed by atoms with Gasteiger partial charge in [0.05, 0.1) is 17.4 Å². The van der Waals surface area contributed by atoms with Crippen molar-refractivity contribution in [2.24, 2.45) is 7.05 Å². The minimum atomic E-state index is 0.0102. The van der Waals surface area contributed by atoms with E-state index in [0.29, 0.717) is 11.4 Å². The standard InChI is InChI=1S/C12H16N4OS/c1-4-11-13-6-10(18-11)12(17)15(2)7-9-5-14-16(3)8-9/h5-6,8H,4,7H2,1-3H3. The van der Waals surface area contributed by atoms with Crippen molar-refractivity contribution < 1.29 is 4.79 Å². The zero-order valence-corrected chi connectivity index (χ0v) is 11.6. The number of aryl methyl sites for hydroxylation is 2. The summed E-state index contributed by atoms with van der Waals surface area (Å²) in [5, 5.41) is 5.08. The lowest BCUT2D eigenvalue weighted by Crippen LogP contribution is -2.25. The van der Waals surface area contributed by atoms with Gasteiger partial charge in [0.15, 0.2) is 0 Å². The first-order valence-electron chi connectivity index (χ1n) is 5.78. The fourth-order valence-corrected chi connectivity index (χ4v) is 2.51. The highest BCUT2D eigenvalue weighted by molar-refractivity contribution is 7.13. The van der Waals surface area contributed by atoms with Crippen LogP contribution in [0.15, 0.2) is 18.6 Å². The summed E-state index contributed by atoms with van der Waals surface area (Å²) < 4.78 is 1.73. The Kier molecular flexibility index (Phi) is 3.76. The molecule has 0 aliphatic rings. The molecule has 0 saturated carbocycles. The number of carbonyl (C=O) groups is 1. The Balaban J connectivity index is 2.04. The number of carbonyl (C=O) groups excluding carboxylic acids is 1. The fourth-order valence-electron chi connectivity index (χ4n) is 1.66. The van der Waals surface area contributed by atoms with Crippen LogP contribution >= 0.6 is 11.3 Å². The smallest absolute Gasteiger partial charge is 0.265 e. The van der Waals surface area contributed by atoms with Crippen LogP contribution in [0.3, 0.4) is 0 Å². The molecule has 0 saturated heterocycles. The van der Waals surface area contributed by atoms with E-state index in [4.69, 9.17) is 0 Å². The van der Waals surface area contributed by atoms with Gasteiger partial charge in [-0.25, -0.2) is 4.98 Å². The maximum atomic E-state index is 12.2. The second kappa shape index (κ2) is 5.30. The van der Waals surface area contributed by atoms with Gasteiger partial charge in [0.1, 0.15) is 4.88 Å². The highest BCUT2D eigenvalue weighted by atomic mass is 32.1. The van der Waals surface area contributed by atoms with Crippen molar-refractivity contribution in [3.05, 3.63) is 34.0 Å². The van der Waals surface area contributed by atoms with Gasteiger partial charge < -0.3 is 4.90 Å². The molecule has 0 unspecified atom stereocenters. The molecule has 96 valence electrons. The van der Waals surface area contributed by atoms with Crippen LogP contribution in [0.25, 0.3) is 0 Å². The first-order chi connectivity index (χ1) is 8.60. The largest absolute Gasteiger partial charge is 0.337 e. The maximum absolute atomic E-state index is 12.2. The first kappa shape index (κ1) is 12.8. The molecule has 0 N–H and O–H groups in total. The van der Waals surface area contributed by atoms with E-state index >= 15 is 0 Å². The number of nitrogens with zero attached hydrogens (tertiary/aromatic N) is 4. The van der Waals surface area contributed by atoms with Crippen molar-refractivity contribution in [3.63, 3.8) is 0 Å². The summed E-state index contributed by atoms with van der Waals surface area (Å²) in [4.78, 5) is 18.7. The summed E-state index contributed by atoms with van der Waals surface area (Å²) >= 11 is 1.46. The van der Waals surface area contributed by atoms with Gasteiger partial charge in [0.25, 0.3) is 5.91 Å². The topological polar surface area (TPSA) is 51.0 Å². The Morgan fingerprint density at radius 1 is 1.50 bits per heavy atom. The van der Waals surface area contributed by atoms with Gasteiger partial charge in [-0.05, 0) is 6.42 Å². The molecule has 0 aromatic carbocycles. The molecule has 0 atom stereocenters. The van der Waals surface area contributed by atoms with Gasteiger partial charge in [0, 0.05) is 32.4 Å². The molecule has 0 fully saturated rings. The van der Waals surface area contributed by atoms with Gasteiger partial charge in [0.2, 0.25) is 0 Å². The Hall–Kier alpha value is -1.69. The van der Waals surface area contributed by atoms with Gasteiger partial charge in [-0.15, -0.1) is 11.3 Å². The number of rotatable bonds is 4. The van der Waals surface area contributed by atoms with Crippen LogP contribution < -0.4 is 0 Å². The second-order valence-corrected chi connectivity index (χ2v) is 5.27. The van der Waals surface area contributed by atoms with Crippen molar-refractivity contribution in [2.45, 2.75) is 19.9 Å².